The zero-order valence-corrected chi connectivity index (χ0v) is 12.0. The van der Waals surface area contributed by atoms with Crippen LogP contribution < -0.4 is 5.32 Å². The molecule has 0 spiro atoms. The van der Waals surface area contributed by atoms with Gasteiger partial charge in [-0.3, -0.25) is 9.59 Å². The lowest BCUT2D eigenvalue weighted by atomic mass is 10.0. The lowest BCUT2D eigenvalue weighted by Crippen LogP contribution is -2.54. The van der Waals surface area contributed by atoms with Gasteiger partial charge in [-0.2, -0.15) is 0 Å². The molecule has 1 aliphatic rings. The second-order valence-corrected chi connectivity index (χ2v) is 5.31. The molecular weight excluding hydrogens is 230 g/mol. The fourth-order valence-corrected chi connectivity index (χ4v) is 2.35. The molecule has 0 saturated carbocycles. The molecule has 0 aromatic rings. The Hall–Kier alpha value is -1.10. The Bertz CT molecular complexity index is 315. The topological polar surface area (TPSA) is 52.7 Å². The van der Waals surface area contributed by atoms with E-state index >= 15 is 0 Å². The van der Waals surface area contributed by atoms with Gasteiger partial charge in [0, 0.05) is 33.1 Å². The first-order valence-electron chi connectivity index (χ1n) is 6.68. The Kier molecular flexibility index (Phi) is 5.14. The van der Waals surface area contributed by atoms with Crippen LogP contribution in [0.4, 0.5) is 0 Å². The van der Waals surface area contributed by atoms with Gasteiger partial charge in [-0.05, 0) is 26.8 Å². The molecule has 1 fully saturated rings. The van der Waals surface area contributed by atoms with E-state index in [-0.39, 0.29) is 11.8 Å². The highest BCUT2D eigenvalue weighted by Crippen LogP contribution is 2.11. The van der Waals surface area contributed by atoms with Crippen LogP contribution in [0, 0.1) is 0 Å². The maximum Gasteiger partial charge on any atom is 0.242 e. The molecule has 104 valence electrons. The maximum atomic E-state index is 12.4. The van der Waals surface area contributed by atoms with Gasteiger partial charge in [0.1, 0.15) is 0 Å². The lowest BCUT2D eigenvalue weighted by Gasteiger charge is -2.31. The summed E-state index contributed by atoms with van der Waals surface area (Å²) in [5, 5.41) is 3.20. The highest BCUT2D eigenvalue weighted by molar-refractivity contribution is 5.85. The van der Waals surface area contributed by atoms with Crippen molar-refractivity contribution >= 4 is 11.8 Å². The van der Waals surface area contributed by atoms with Crippen molar-refractivity contribution in [2.24, 2.45) is 0 Å². The summed E-state index contributed by atoms with van der Waals surface area (Å²) in [5.74, 6) is 0.213. The summed E-state index contributed by atoms with van der Waals surface area (Å²) in [6.45, 7) is 10.9. The van der Waals surface area contributed by atoms with Crippen molar-refractivity contribution in [2.75, 3.05) is 32.7 Å². The van der Waals surface area contributed by atoms with E-state index < -0.39 is 5.54 Å². The second kappa shape index (κ2) is 6.18. The van der Waals surface area contributed by atoms with Crippen LogP contribution in [0.3, 0.4) is 0 Å². The van der Waals surface area contributed by atoms with Gasteiger partial charge in [-0.25, -0.2) is 0 Å². The molecule has 5 nitrogen and oxygen atoms in total. The molecule has 0 atom stereocenters. The van der Waals surface area contributed by atoms with E-state index in [4.69, 9.17) is 0 Å². The predicted molar refractivity (Wildman–Crippen MR) is 71.2 cm³/mol. The van der Waals surface area contributed by atoms with Gasteiger partial charge in [0.15, 0.2) is 0 Å². The molecule has 0 radical (unpaired) electrons. The Morgan fingerprint density at radius 2 is 1.67 bits per heavy atom. The Labute approximate surface area is 110 Å². The molecule has 1 N–H and O–H groups in total. The van der Waals surface area contributed by atoms with Crippen molar-refractivity contribution in [3.63, 3.8) is 0 Å². The largest absolute Gasteiger partial charge is 0.341 e. The van der Waals surface area contributed by atoms with Crippen molar-refractivity contribution in [2.45, 2.75) is 39.7 Å². The number of rotatable bonds is 3. The summed E-state index contributed by atoms with van der Waals surface area (Å²) >= 11 is 0. The van der Waals surface area contributed by atoms with Gasteiger partial charge in [-0.15, -0.1) is 0 Å². The first-order valence-corrected chi connectivity index (χ1v) is 6.68. The smallest absolute Gasteiger partial charge is 0.242 e. The maximum absolute atomic E-state index is 12.4. The van der Waals surface area contributed by atoms with E-state index in [2.05, 4.69) is 5.32 Å². The number of amides is 2. The van der Waals surface area contributed by atoms with Gasteiger partial charge >= 0.3 is 0 Å². The fourth-order valence-electron chi connectivity index (χ4n) is 2.35. The van der Waals surface area contributed by atoms with Gasteiger partial charge in [0.05, 0.1) is 5.54 Å². The molecule has 0 aromatic heterocycles. The van der Waals surface area contributed by atoms with E-state index in [1.54, 1.807) is 6.92 Å². The van der Waals surface area contributed by atoms with Crippen LogP contribution in [0.5, 0.6) is 0 Å². The molecule has 1 heterocycles. The van der Waals surface area contributed by atoms with Crippen LogP contribution in [-0.2, 0) is 9.59 Å². The monoisotopic (exact) mass is 255 g/mol. The minimum absolute atomic E-state index is 0.0928. The van der Waals surface area contributed by atoms with Crippen molar-refractivity contribution in [1.82, 2.24) is 15.1 Å². The third kappa shape index (κ3) is 3.70. The van der Waals surface area contributed by atoms with Crippen LogP contribution in [0.1, 0.15) is 34.1 Å². The molecular formula is C13H25N3O2. The highest BCUT2D eigenvalue weighted by Gasteiger charge is 2.32. The average Bonchev–Trinajstić information content (AvgIpc) is 2.53. The van der Waals surface area contributed by atoms with Crippen LogP contribution in [0.15, 0.2) is 0 Å². The van der Waals surface area contributed by atoms with Crippen molar-refractivity contribution in [3.8, 4) is 0 Å². The molecule has 1 rings (SSSR count). The molecule has 0 aromatic carbocycles. The summed E-state index contributed by atoms with van der Waals surface area (Å²) in [7, 11) is 0. The SMILES string of the molecule is CCNC(C)(C)C(=O)N1CCCN(C(C)=O)CC1. The normalized spacial score (nSPS) is 17.6. The summed E-state index contributed by atoms with van der Waals surface area (Å²) in [6, 6.07) is 0. The third-order valence-corrected chi connectivity index (χ3v) is 3.38. The first-order chi connectivity index (χ1) is 8.38. The zero-order valence-electron chi connectivity index (χ0n) is 12.0. The minimum Gasteiger partial charge on any atom is -0.341 e. The van der Waals surface area contributed by atoms with Gasteiger partial charge in [-0.1, -0.05) is 6.92 Å². The standard InChI is InChI=1S/C13H25N3O2/c1-5-14-13(3,4)12(18)16-8-6-7-15(9-10-16)11(2)17/h14H,5-10H2,1-4H3. The molecule has 0 bridgehead atoms. The number of nitrogens with zero attached hydrogens (tertiary/aromatic N) is 2. The lowest BCUT2D eigenvalue weighted by molar-refractivity contribution is -0.137. The van der Waals surface area contributed by atoms with Crippen molar-refractivity contribution in [1.29, 1.82) is 0 Å². The van der Waals surface area contributed by atoms with Crippen LogP contribution in [0.2, 0.25) is 0 Å². The number of hydrogen-bond donors (Lipinski definition) is 1. The van der Waals surface area contributed by atoms with Crippen molar-refractivity contribution in [3.05, 3.63) is 0 Å². The number of carbonyl (C=O) groups is 2. The molecule has 0 unspecified atom stereocenters. The van der Waals surface area contributed by atoms with E-state index in [9.17, 15) is 9.59 Å². The van der Waals surface area contributed by atoms with E-state index in [1.807, 2.05) is 30.6 Å². The second-order valence-electron chi connectivity index (χ2n) is 5.31. The number of carbonyl (C=O) groups excluding carboxylic acids is 2. The van der Waals surface area contributed by atoms with Gasteiger partial charge in [0.2, 0.25) is 11.8 Å². The Morgan fingerprint density at radius 3 is 2.22 bits per heavy atom. The fraction of sp³-hybridized carbons (Fsp3) is 0.846. The number of nitrogens with one attached hydrogen (secondary N) is 1. The number of likely N-dealkylation sites (N-methyl/N-ethyl adjacent to an activating group) is 1. The van der Waals surface area contributed by atoms with Crippen LogP contribution in [-0.4, -0.2) is 59.9 Å². The van der Waals surface area contributed by atoms with Crippen molar-refractivity contribution < 1.29 is 9.59 Å². The van der Waals surface area contributed by atoms with E-state index in [1.165, 1.54) is 0 Å². The average molecular weight is 255 g/mol. The molecule has 2 amide bonds. The Morgan fingerprint density at radius 1 is 1.11 bits per heavy atom. The Balaban J connectivity index is 2.62. The van der Waals surface area contributed by atoms with E-state index in [0.29, 0.717) is 13.1 Å². The quantitative estimate of drug-likeness (QED) is 0.797. The van der Waals surface area contributed by atoms with Crippen LogP contribution in [0.25, 0.3) is 0 Å². The molecule has 5 heteroatoms. The first kappa shape index (κ1) is 15.0. The summed E-state index contributed by atoms with van der Waals surface area (Å²) in [4.78, 5) is 27.4. The molecule has 18 heavy (non-hydrogen) atoms. The van der Waals surface area contributed by atoms with E-state index in [0.717, 1.165) is 26.1 Å². The summed E-state index contributed by atoms with van der Waals surface area (Å²) in [6.07, 6.45) is 0.855. The summed E-state index contributed by atoms with van der Waals surface area (Å²) in [5.41, 5.74) is -0.528. The molecule has 0 aliphatic carbocycles. The minimum atomic E-state index is -0.528. The third-order valence-electron chi connectivity index (χ3n) is 3.38. The number of hydrogen-bond acceptors (Lipinski definition) is 3. The summed E-state index contributed by atoms with van der Waals surface area (Å²) < 4.78 is 0. The molecule has 1 aliphatic heterocycles. The predicted octanol–water partition coefficient (Wildman–Crippen LogP) is 0.455. The highest BCUT2D eigenvalue weighted by atomic mass is 16.2. The van der Waals surface area contributed by atoms with Gasteiger partial charge < -0.3 is 15.1 Å². The van der Waals surface area contributed by atoms with Gasteiger partial charge in [0.25, 0.3) is 0 Å². The molecule has 1 saturated heterocycles. The van der Waals surface area contributed by atoms with Crippen LogP contribution >= 0.6 is 0 Å². The zero-order chi connectivity index (χ0) is 13.8.